The van der Waals surface area contributed by atoms with Gasteiger partial charge in [-0.2, -0.15) is 0 Å². The Morgan fingerprint density at radius 2 is 0.700 bits per heavy atom. The summed E-state index contributed by atoms with van der Waals surface area (Å²) in [5.41, 5.74) is 16.4. The van der Waals surface area contributed by atoms with Gasteiger partial charge in [0, 0.05) is 33.3 Å². The molecule has 0 radical (unpaired) electrons. The van der Waals surface area contributed by atoms with Crippen LogP contribution in [0.1, 0.15) is 0 Å². The van der Waals surface area contributed by atoms with Crippen LogP contribution in [-0.2, 0) is 0 Å². The quantitative estimate of drug-likeness (QED) is 0.150. The second-order valence-corrected chi connectivity index (χ2v) is 15.3. The molecule has 10 aromatic carbocycles. The third-order valence-corrected chi connectivity index (χ3v) is 11.8. The largest absolute Gasteiger partial charge is 0.310 e. The van der Waals surface area contributed by atoms with Crippen molar-refractivity contribution in [3.05, 3.63) is 243 Å². The molecule has 60 heavy (non-hydrogen) atoms. The first-order valence-corrected chi connectivity index (χ1v) is 20.6. The summed E-state index contributed by atoms with van der Waals surface area (Å²) in [6, 6.07) is 87.8. The Morgan fingerprint density at radius 1 is 0.267 bits per heavy atom. The van der Waals surface area contributed by atoms with Crippen molar-refractivity contribution in [2.24, 2.45) is 0 Å². The van der Waals surface area contributed by atoms with E-state index in [1.807, 2.05) is 0 Å². The molecule has 282 valence electrons. The molecule has 0 aliphatic rings. The molecule has 0 bridgehead atoms. The molecule has 11 aromatic rings. The Morgan fingerprint density at radius 3 is 1.35 bits per heavy atom. The van der Waals surface area contributed by atoms with Gasteiger partial charge in [0.1, 0.15) is 0 Å². The maximum Gasteiger partial charge on any atom is 0.0541 e. The highest BCUT2D eigenvalue weighted by Crippen LogP contribution is 2.44. The van der Waals surface area contributed by atoms with Gasteiger partial charge in [-0.15, -0.1) is 0 Å². The molecule has 0 spiro atoms. The monoisotopic (exact) mass is 764 g/mol. The molecular weight excluding hydrogens is 725 g/mol. The minimum absolute atomic E-state index is 1.09. The predicted octanol–water partition coefficient (Wildman–Crippen LogP) is 16.1. The van der Waals surface area contributed by atoms with Gasteiger partial charge in [-0.1, -0.05) is 194 Å². The van der Waals surface area contributed by atoms with Gasteiger partial charge in [0.15, 0.2) is 0 Å². The van der Waals surface area contributed by atoms with E-state index in [1.165, 1.54) is 82.8 Å². The van der Waals surface area contributed by atoms with E-state index in [2.05, 4.69) is 252 Å². The Balaban J connectivity index is 0.971. The van der Waals surface area contributed by atoms with Crippen LogP contribution >= 0.6 is 0 Å². The summed E-state index contributed by atoms with van der Waals surface area (Å²) in [6.07, 6.45) is 0. The predicted molar refractivity (Wildman–Crippen MR) is 255 cm³/mol. The van der Waals surface area contributed by atoms with Crippen molar-refractivity contribution in [3.8, 4) is 50.2 Å². The number of rotatable bonds is 8. The molecule has 11 rings (SSSR count). The van der Waals surface area contributed by atoms with Crippen molar-refractivity contribution in [1.82, 2.24) is 4.57 Å². The van der Waals surface area contributed by atoms with E-state index in [0.29, 0.717) is 0 Å². The van der Waals surface area contributed by atoms with Gasteiger partial charge in [0.25, 0.3) is 0 Å². The topological polar surface area (TPSA) is 8.17 Å². The second-order valence-electron chi connectivity index (χ2n) is 15.3. The van der Waals surface area contributed by atoms with E-state index in [4.69, 9.17) is 0 Å². The number of aromatic nitrogens is 1. The fourth-order valence-corrected chi connectivity index (χ4v) is 8.96. The van der Waals surface area contributed by atoms with Crippen molar-refractivity contribution < 1.29 is 0 Å². The zero-order valence-electron chi connectivity index (χ0n) is 33.0. The molecule has 0 saturated heterocycles. The second kappa shape index (κ2) is 15.1. The average Bonchev–Trinajstić information content (AvgIpc) is 3.67. The van der Waals surface area contributed by atoms with Crippen LogP contribution in [-0.4, -0.2) is 4.57 Å². The van der Waals surface area contributed by atoms with Gasteiger partial charge >= 0.3 is 0 Å². The van der Waals surface area contributed by atoms with Gasteiger partial charge in [0.05, 0.1) is 22.4 Å². The minimum atomic E-state index is 1.09. The van der Waals surface area contributed by atoms with Crippen molar-refractivity contribution in [3.63, 3.8) is 0 Å². The summed E-state index contributed by atoms with van der Waals surface area (Å²) in [7, 11) is 0. The van der Waals surface area contributed by atoms with Gasteiger partial charge in [-0.3, -0.25) is 0 Å². The lowest BCUT2D eigenvalue weighted by Crippen LogP contribution is -2.11. The van der Waals surface area contributed by atoms with Gasteiger partial charge in [-0.05, 0) is 92.7 Å². The number of para-hydroxylation sites is 4. The fraction of sp³-hybridized carbons (Fsp3) is 0. The maximum absolute atomic E-state index is 2.41. The number of nitrogens with zero attached hydrogens (tertiary/aromatic N) is 2. The van der Waals surface area contributed by atoms with E-state index in [0.717, 1.165) is 17.1 Å². The molecule has 1 aromatic heterocycles. The summed E-state index contributed by atoms with van der Waals surface area (Å²) in [5, 5.41) is 5.00. The molecular formula is C58H40N2. The molecule has 0 aliphatic heterocycles. The third-order valence-electron chi connectivity index (χ3n) is 11.8. The molecule has 0 unspecified atom stereocenters. The van der Waals surface area contributed by atoms with Gasteiger partial charge in [0.2, 0.25) is 0 Å². The molecule has 2 nitrogen and oxygen atoms in total. The number of fused-ring (bicyclic) bond motifs is 4. The molecule has 0 saturated carbocycles. The standard InChI is InChI=1S/C58H40N2/c1-2-15-41(16-3-1)43-33-37-47(38-34-43)59(56-26-11-7-21-52(56)51-24-14-18-45-17-4-5-19-49(45)51)48-39-35-44(36-40-48)42-29-31-46(32-30-42)50-20-6-10-25-55(50)60-57-27-12-8-22-53(57)54-23-9-13-28-58(54)60/h1-40H. The zero-order valence-corrected chi connectivity index (χ0v) is 33.0. The molecule has 0 amide bonds. The van der Waals surface area contributed by atoms with Crippen molar-refractivity contribution >= 4 is 49.6 Å². The summed E-state index contributed by atoms with van der Waals surface area (Å²) in [6.45, 7) is 0. The highest BCUT2D eigenvalue weighted by molar-refractivity contribution is 6.10. The first kappa shape index (κ1) is 35.2. The lowest BCUT2D eigenvalue weighted by atomic mass is 9.95. The minimum Gasteiger partial charge on any atom is -0.310 e. The van der Waals surface area contributed by atoms with Crippen LogP contribution in [0, 0.1) is 0 Å². The van der Waals surface area contributed by atoms with Crippen LogP contribution < -0.4 is 4.90 Å². The molecule has 1 heterocycles. The smallest absolute Gasteiger partial charge is 0.0541 e. The highest BCUT2D eigenvalue weighted by Gasteiger charge is 2.19. The summed E-state index contributed by atoms with van der Waals surface area (Å²) in [5.74, 6) is 0. The molecule has 0 fully saturated rings. The third kappa shape index (κ3) is 6.23. The number of hydrogen-bond donors (Lipinski definition) is 0. The highest BCUT2D eigenvalue weighted by atomic mass is 15.1. The normalized spacial score (nSPS) is 11.3. The van der Waals surface area contributed by atoms with Crippen molar-refractivity contribution in [2.45, 2.75) is 0 Å². The molecule has 0 atom stereocenters. The number of benzene rings is 10. The molecule has 2 heteroatoms. The first-order chi connectivity index (χ1) is 29.8. The molecule has 0 N–H and O–H groups in total. The van der Waals surface area contributed by atoms with Crippen LogP contribution in [0.4, 0.5) is 17.1 Å². The lowest BCUT2D eigenvalue weighted by Gasteiger charge is -2.28. The Labute approximate surface area is 350 Å². The van der Waals surface area contributed by atoms with E-state index in [1.54, 1.807) is 0 Å². The lowest BCUT2D eigenvalue weighted by molar-refractivity contribution is 1.18. The Kier molecular flexibility index (Phi) is 8.87. The van der Waals surface area contributed by atoms with Crippen LogP contribution in [0.3, 0.4) is 0 Å². The van der Waals surface area contributed by atoms with E-state index in [-0.39, 0.29) is 0 Å². The summed E-state index contributed by atoms with van der Waals surface area (Å²) in [4.78, 5) is 2.39. The van der Waals surface area contributed by atoms with E-state index in [9.17, 15) is 0 Å². The van der Waals surface area contributed by atoms with E-state index < -0.39 is 0 Å². The summed E-state index contributed by atoms with van der Waals surface area (Å²) >= 11 is 0. The van der Waals surface area contributed by atoms with Crippen LogP contribution in [0.25, 0.3) is 82.8 Å². The zero-order chi connectivity index (χ0) is 39.8. The van der Waals surface area contributed by atoms with Crippen LogP contribution in [0.2, 0.25) is 0 Å². The average molecular weight is 765 g/mol. The van der Waals surface area contributed by atoms with Crippen LogP contribution in [0.15, 0.2) is 243 Å². The van der Waals surface area contributed by atoms with Crippen molar-refractivity contribution in [1.29, 1.82) is 0 Å². The number of anilines is 3. The Hall–Kier alpha value is -7.94. The van der Waals surface area contributed by atoms with E-state index >= 15 is 0 Å². The summed E-state index contributed by atoms with van der Waals surface area (Å²) < 4.78 is 2.41. The van der Waals surface area contributed by atoms with Gasteiger partial charge in [-0.25, -0.2) is 0 Å². The number of hydrogen-bond acceptors (Lipinski definition) is 1. The first-order valence-electron chi connectivity index (χ1n) is 20.6. The van der Waals surface area contributed by atoms with Crippen molar-refractivity contribution in [2.75, 3.05) is 4.90 Å². The Bertz CT molecular complexity index is 3230. The van der Waals surface area contributed by atoms with Gasteiger partial charge < -0.3 is 9.47 Å². The maximum atomic E-state index is 2.41. The fourth-order valence-electron chi connectivity index (χ4n) is 8.96. The van der Waals surface area contributed by atoms with Crippen LogP contribution in [0.5, 0.6) is 0 Å². The molecule has 0 aliphatic carbocycles. The SMILES string of the molecule is c1ccc(-c2ccc(N(c3ccc(-c4ccc(-c5ccccc5-n5c6ccccc6c6ccccc65)cc4)cc3)c3ccccc3-c3cccc4ccccc34)cc2)cc1.